The molecule has 3 N–H and O–H groups in total. The summed E-state index contributed by atoms with van der Waals surface area (Å²) in [6.45, 7) is 5.05. The Morgan fingerprint density at radius 3 is 2.67 bits per heavy atom. The van der Waals surface area contributed by atoms with Crippen molar-refractivity contribution in [3.05, 3.63) is 35.7 Å². The molecule has 0 unspecified atom stereocenters. The van der Waals surface area contributed by atoms with Gasteiger partial charge in [0.05, 0.1) is 5.75 Å². The summed E-state index contributed by atoms with van der Waals surface area (Å²) in [7, 11) is 0. The second-order valence-electron chi connectivity index (χ2n) is 4.67. The molecule has 2 rings (SSSR count). The summed E-state index contributed by atoms with van der Waals surface area (Å²) in [6.07, 6.45) is 0. The van der Waals surface area contributed by atoms with Crippen molar-refractivity contribution in [2.45, 2.75) is 25.5 Å². The first-order chi connectivity index (χ1) is 10.1. The van der Waals surface area contributed by atoms with Crippen LogP contribution in [-0.2, 0) is 11.3 Å². The fourth-order valence-electron chi connectivity index (χ4n) is 1.82. The number of anilines is 1. The van der Waals surface area contributed by atoms with Crippen LogP contribution in [0.4, 0.5) is 5.69 Å². The predicted molar refractivity (Wildman–Crippen MR) is 84.3 cm³/mol. The second kappa shape index (κ2) is 7.24. The number of nitrogens with one attached hydrogen (secondary N) is 1. The van der Waals surface area contributed by atoms with Gasteiger partial charge in [-0.3, -0.25) is 4.79 Å². The smallest absolute Gasteiger partial charge is 0.234 e. The number of nitrogens with two attached hydrogens (primary N) is 1. The molecule has 0 aliphatic carbocycles. The van der Waals surface area contributed by atoms with Gasteiger partial charge in [0.15, 0.2) is 5.16 Å². The third-order valence-electron chi connectivity index (χ3n) is 2.92. The topological polar surface area (TPSA) is 85.8 Å². The van der Waals surface area contributed by atoms with Crippen LogP contribution in [0, 0.1) is 13.8 Å². The third-order valence-corrected chi connectivity index (χ3v) is 3.89. The Morgan fingerprint density at radius 1 is 1.29 bits per heavy atom. The average Bonchev–Trinajstić information content (AvgIpc) is 2.81. The van der Waals surface area contributed by atoms with Crippen LogP contribution in [0.15, 0.2) is 29.4 Å². The van der Waals surface area contributed by atoms with Gasteiger partial charge in [-0.1, -0.05) is 29.5 Å². The highest BCUT2D eigenvalue weighted by molar-refractivity contribution is 7.99. The predicted octanol–water partition coefficient (Wildman–Crippen LogP) is 1.58. The van der Waals surface area contributed by atoms with E-state index < -0.39 is 0 Å². The summed E-state index contributed by atoms with van der Waals surface area (Å²) in [5, 5.41) is 11.7. The standard InChI is InChI=1S/C14H19N5OS/c1-10-3-5-12(6-4-10)16-13(20)9-21-14-18-17-11(2)19(14)8-7-15/h3-6H,7-9,15H2,1-2H3,(H,16,20). The maximum absolute atomic E-state index is 11.9. The quantitative estimate of drug-likeness (QED) is 0.791. The molecule has 1 heterocycles. The summed E-state index contributed by atoms with van der Waals surface area (Å²) in [5.41, 5.74) is 7.52. The van der Waals surface area contributed by atoms with E-state index in [1.807, 2.05) is 42.7 Å². The highest BCUT2D eigenvalue weighted by Crippen LogP contribution is 2.17. The molecule has 0 aliphatic heterocycles. The van der Waals surface area contributed by atoms with Gasteiger partial charge in [-0.2, -0.15) is 0 Å². The Hall–Kier alpha value is -1.86. The zero-order chi connectivity index (χ0) is 15.2. The van der Waals surface area contributed by atoms with Crippen LogP contribution >= 0.6 is 11.8 Å². The van der Waals surface area contributed by atoms with Crippen molar-refractivity contribution in [2.75, 3.05) is 17.6 Å². The Bertz CT molecular complexity index is 608. The van der Waals surface area contributed by atoms with E-state index in [4.69, 9.17) is 5.73 Å². The molecule has 1 amide bonds. The summed E-state index contributed by atoms with van der Waals surface area (Å²) in [4.78, 5) is 11.9. The van der Waals surface area contributed by atoms with Gasteiger partial charge < -0.3 is 15.6 Å². The van der Waals surface area contributed by atoms with Crippen molar-refractivity contribution in [1.82, 2.24) is 14.8 Å². The zero-order valence-electron chi connectivity index (χ0n) is 12.2. The number of rotatable bonds is 6. The molecule has 0 atom stereocenters. The van der Waals surface area contributed by atoms with Crippen LogP contribution in [0.5, 0.6) is 0 Å². The van der Waals surface area contributed by atoms with Gasteiger partial charge in [0.25, 0.3) is 0 Å². The molecular formula is C14H19N5OS. The van der Waals surface area contributed by atoms with E-state index >= 15 is 0 Å². The van der Waals surface area contributed by atoms with Crippen LogP contribution in [0.3, 0.4) is 0 Å². The maximum atomic E-state index is 11.9. The Labute approximate surface area is 128 Å². The molecular weight excluding hydrogens is 286 g/mol. The van der Waals surface area contributed by atoms with E-state index in [0.29, 0.717) is 13.1 Å². The fourth-order valence-corrected chi connectivity index (χ4v) is 2.63. The first-order valence-corrected chi connectivity index (χ1v) is 7.68. The Kier molecular flexibility index (Phi) is 5.35. The molecule has 7 heteroatoms. The molecule has 1 aromatic carbocycles. The van der Waals surface area contributed by atoms with Gasteiger partial charge in [-0.05, 0) is 26.0 Å². The van der Waals surface area contributed by atoms with Crippen molar-refractivity contribution in [2.24, 2.45) is 5.73 Å². The maximum Gasteiger partial charge on any atom is 0.234 e. The molecule has 0 bridgehead atoms. The van der Waals surface area contributed by atoms with Crippen molar-refractivity contribution in [3.8, 4) is 0 Å². The first-order valence-electron chi connectivity index (χ1n) is 6.69. The lowest BCUT2D eigenvalue weighted by atomic mass is 10.2. The molecule has 0 fully saturated rings. The number of carbonyl (C=O) groups excluding carboxylic acids is 1. The highest BCUT2D eigenvalue weighted by atomic mass is 32.2. The van der Waals surface area contributed by atoms with E-state index in [-0.39, 0.29) is 11.7 Å². The lowest BCUT2D eigenvalue weighted by Gasteiger charge is -2.07. The minimum absolute atomic E-state index is 0.0659. The van der Waals surface area contributed by atoms with Gasteiger partial charge >= 0.3 is 0 Å². The summed E-state index contributed by atoms with van der Waals surface area (Å²) in [6, 6.07) is 7.70. The molecule has 0 aliphatic rings. The van der Waals surface area contributed by atoms with Crippen molar-refractivity contribution in [1.29, 1.82) is 0 Å². The molecule has 0 spiro atoms. The van der Waals surface area contributed by atoms with Crippen LogP contribution in [0.2, 0.25) is 0 Å². The van der Waals surface area contributed by atoms with Gasteiger partial charge in [0.1, 0.15) is 5.82 Å². The molecule has 6 nitrogen and oxygen atoms in total. The molecule has 21 heavy (non-hydrogen) atoms. The number of amides is 1. The van der Waals surface area contributed by atoms with Crippen molar-refractivity contribution >= 4 is 23.4 Å². The second-order valence-corrected chi connectivity index (χ2v) is 5.62. The summed E-state index contributed by atoms with van der Waals surface area (Å²) in [5.74, 6) is 1.03. The van der Waals surface area contributed by atoms with E-state index in [1.165, 1.54) is 11.8 Å². The van der Waals surface area contributed by atoms with Crippen LogP contribution in [-0.4, -0.2) is 33.0 Å². The van der Waals surface area contributed by atoms with Gasteiger partial charge in [0.2, 0.25) is 5.91 Å². The lowest BCUT2D eigenvalue weighted by Crippen LogP contribution is -2.16. The zero-order valence-corrected chi connectivity index (χ0v) is 13.0. The summed E-state index contributed by atoms with van der Waals surface area (Å²) >= 11 is 1.36. The van der Waals surface area contributed by atoms with Gasteiger partial charge in [-0.25, -0.2) is 0 Å². The largest absolute Gasteiger partial charge is 0.329 e. The SMILES string of the molecule is Cc1ccc(NC(=O)CSc2nnc(C)n2CCN)cc1. The number of thioether (sulfide) groups is 1. The molecule has 0 radical (unpaired) electrons. The number of benzene rings is 1. The molecule has 0 saturated heterocycles. The van der Waals surface area contributed by atoms with E-state index in [9.17, 15) is 4.79 Å². The fraction of sp³-hybridized carbons (Fsp3) is 0.357. The lowest BCUT2D eigenvalue weighted by molar-refractivity contribution is -0.113. The van der Waals surface area contributed by atoms with E-state index in [2.05, 4.69) is 15.5 Å². The normalized spacial score (nSPS) is 10.6. The van der Waals surface area contributed by atoms with Crippen molar-refractivity contribution in [3.63, 3.8) is 0 Å². The number of aryl methyl sites for hydroxylation is 2. The number of hydrogen-bond donors (Lipinski definition) is 2. The number of carbonyl (C=O) groups is 1. The van der Waals surface area contributed by atoms with Crippen molar-refractivity contribution < 1.29 is 4.79 Å². The number of hydrogen-bond acceptors (Lipinski definition) is 5. The minimum atomic E-state index is -0.0659. The number of aromatic nitrogens is 3. The molecule has 0 saturated carbocycles. The Balaban J connectivity index is 1.90. The average molecular weight is 305 g/mol. The molecule has 112 valence electrons. The van der Waals surface area contributed by atoms with E-state index in [0.717, 1.165) is 22.2 Å². The van der Waals surface area contributed by atoms with Crippen LogP contribution in [0.25, 0.3) is 0 Å². The summed E-state index contributed by atoms with van der Waals surface area (Å²) < 4.78 is 1.92. The van der Waals surface area contributed by atoms with Crippen LogP contribution < -0.4 is 11.1 Å². The molecule has 2 aromatic rings. The van der Waals surface area contributed by atoms with Gasteiger partial charge in [0, 0.05) is 18.8 Å². The van der Waals surface area contributed by atoms with E-state index in [1.54, 1.807) is 0 Å². The highest BCUT2D eigenvalue weighted by Gasteiger charge is 2.11. The van der Waals surface area contributed by atoms with Gasteiger partial charge in [-0.15, -0.1) is 10.2 Å². The van der Waals surface area contributed by atoms with Crippen LogP contribution in [0.1, 0.15) is 11.4 Å². The Morgan fingerprint density at radius 2 is 2.00 bits per heavy atom. The third kappa shape index (κ3) is 4.30. The monoisotopic (exact) mass is 305 g/mol. The minimum Gasteiger partial charge on any atom is -0.329 e. The number of nitrogens with zero attached hydrogens (tertiary/aromatic N) is 3. The first kappa shape index (κ1) is 15.5. The molecule has 1 aromatic heterocycles.